The van der Waals surface area contributed by atoms with Gasteiger partial charge in [-0.2, -0.15) is 0 Å². The molecule has 0 aliphatic heterocycles. The molecule has 5 nitrogen and oxygen atoms in total. The lowest BCUT2D eigenvalue weighted by molar-refractivity contribution is -0.384. The number of benzene rings is 1. The van der Waals surface area contributed by atoms with Crippen molar-refractivity contribution in [2.75, 3.05) is 0 Å². The predicted molar refractivity (Wildman–Crippen MR) is 76.6 cm³/mol. The van der Waals surface area contributed by atoms with Crippen molar-refractivity contribution in [1.82, 2.24) is 5.32 Å². The average molecular weight is 294 g/mol. The third-order valence-electron chi connectivity index (χ3n) is 4.12. The van der Waals surface area contributed by atoms with Crippen molar-refractivity contribution in [3.8, 4) is 0 Å². The Morgan fingerprint density at radius 3 is 2.67 bits per heavy atom. The van der Waals surface area contributed by atoms with E-state index < -0.39 is 16.6 Å². The first-order chi connectivity index (χ1) is 9.99. The molecule has 1 aromatic carbocycles. The van der Waals surface area contributed by atoms with E-state index in [9.17, 15) is 19.3 Å². The number of hydrogen-bond donors (Lipinski definition) is 1. The van der Waals surface area contributed by atoms with Crippen LogP contribution in [0.2, 0.25) is 0 Å². The fraction of sp³-hybridized carbons (Fsp3) is 0.533. The SMILES string of the molecule is CC(NC(=O)c1cc([N+](=O)[O-])ccc1F)C1CCCCC1. The van der Waals surface area contributed by atoms with E-state index in [1.807, 2.05) is 6.92 Å². The Kier molecular flexibility index (Phi) is 4.88. The number of carbonyl (C=O) groups excluding carboxylic acids is 1. The van der Waals surface area contributed by atoms with Gasteiger partial charge in [-0.05, 0) is 31.7 Å². The zero-order chi connectivity index (χ0) is 15.4. The van der Waals surface area contributed by atoms with Crippen LogP contribution in [-0.4, -0.2) is 16.9 Å². The second kappa shape index (κ2) is 6.65. The van der Waals surface area contributed by atoms with Crippen molar-refractivity contribution in [3.05, 3.63) is 39.7 Å². The third-order valence-corrected chi connectivity index (χ3v) is 4.12. The van der Waals surface area contributed by atoms with Crippen LogP contribution < -0.4 is 5.32 Å². The molecule has 1 atom stereocenters. The molecule has 0 bridgehead atoms. The maximum Gasteiger partial charge on any atom is 0.270 e. The standard InChI is InChI=1S/C15H19FN2O3/c1-10(11-5-3-2-4-6-11)17-15(19)13-9-12(18(20)21)7-8-14(13)16/h7-11H,2-6H2,1H3,(H,17,19). The van der Waals surface area contributed by atoms with Crippen LogP contribution in [0.1, 0.15) is 49.4 Å². The molecule has 1 N–H and O–H groups in total. The molecule has 1 amide bonds. The highest BCUT2D eigenvalue weighted by atomic mass is 19.1. The van der Waals surface area contributed by atoms with Crippen molar-refractivity contribution in [2.24, 2.45) is 5.92 Å². The lowest BCUT2D eigenvalue weighted by Crippen LogP contribution is -2.39. The number of nitrogens with zero attached hydrogens (tertiary/aromatic N) is 1. The molecule has 1 aromatic rings. The van der Waals surface area contributed by atoms with Gasteiger partial charge in [0.1, 0.15) is 5.82 Å². The Hall–Kier alpha value is -1.98. The van der Waals surface area contributed by atoms with Gasteiger partial charge < -0.3 is 5.32 Å². The Labute approximate surface area is 122 Å². The number of halogens is 1. The Bertz CT molecular complexity index is 542. The molecule has 0 aromatic heterocycles. The Balaban J connectivity index is 2.08. The smallest absolute Gasteiger partial charge is 0.270 e. The second-order valence-electron chi connectivity index (χ2n) is 5.58. The summed E-state index contributed by atoms with van der Waals surface area (Å²) in [6.07, 6.45) is 5.63. The van der Waals surface area contributed by atoms with Crippen LogP contribution >= 0.6 is 0 Å². The average Bonchev–Trinajstić information content (AvgIpc) is 2.48. The Morgan fingerprint density at radius 2 is 2.05 bits per heavy atom. The summed E-state index contributed by atoms with van der Waals surface area (Å²) >= 11 is 0. The summed E-state index contributed by atoms with van der Waals surface area (Å²) in [6, 6.07) is 2.93. The van der Waals surface area contributed by atoms with Gasteiger partial charge in [0.15, 0.2) is 0 Å². The summed E-state index contributed by atoms with van der Waals surface area (Å²) in [4.78, 5) is 22.2. The summed E-state index contributed by atoms with van der Waals surface area (Å²) in [7, 11) is 0. The van der Waals surface area contributed by atoms with Crippen LogP contribution in [0.15, 0.2) is 18.2 Å². The molecule has 0 saturated heterocycles. The summed E-state index contributed by atoms with van der Waals surface area (Å²) < 4.78 is 13.7. The fourth-order valence-corrected chi connectivity index (χ4v) is 2.84. The van der Waals surface area contributed by atoms with Gasteiger partial charge in [-0.25, -0.2) is 4.39 Å². The number of nitro groups is 1. The minimum absolute atomic E-state index is 0.0588. The molecule has 1 aliphatic carbocycles. The van der Waals surface area contributed by atoms with Crippen LogP contribution in [0.3, 0.4) is 0 Å². The second-order valence-corrected chi connectivity index (χ2v) is 5.58. The molecule has 1 unspecified atom stereocenters. The van der Waals surface area contributed by atoms with Crippen LogP contribution in [0.4, 0.5) is 10.1 Å². The number of amides is 1. The molecular formula is C15H19FN2O3. The number of nitrogens with one attached hydrogen (secondary N) is 1. The molecule has 21 heavy (non-hydrogen) atoms. The van der Waals surface area contributed by atoms with Crippen LogP contribution in [0.5, 0.6) is 0 Å². The van der Waals surface area contributed by atoms with Crippen molar-refractivity contribution in [2.45, 2.75) is 45.1 Å². The maximum absolute atomic E-state index is 13.7. The first-order valence-corrected chi connectivity index (χ1v) is 7.24. The molecular weight excluding hydrogens is 275 g/mol. The summed E-state index contributed by atoms with van der Waals surface area (Å²) in [5, 5.41) is 13.5. The minimum atomic E-state index is -0.742. The zero-order valence-corrected chi connectivity index (χ0v) is 12.0. The van der Waals surface area contributed by atoms with E-state index in [4.69, 9.17) is 0 Å². The monoisotopic (exact) mass is 294 g/mol. The number of non-ortho nitro benzene ring substituents is 1. The molecule has 6 heteroatoms. The van der Waals surface area contributed by atoms with E-state index in [1.165, 1.54) is 6.42 Å². The fourth-order valence-electron chi connectivity index (χ4n) is 2.84. The molecule has 1 fully saturated rings. The summed E-state index contributed by atoms with van der Waals surface area (Å²) in [5.41, 5.74) is -0.557. The molecule has 114 valence electrons. The molecule has 0 radical (unpaired) electrons. The molecule has 0 heterocycles. The van der Waals surface area contributed by atoms with Gasteiger partial charge in [0.2, 0.25) is 0 Å². The summed E-state index contributed by atoms with van der Waals surface area (Å²) in [6.45, 7) is 1.91. The lowest BCUT2D eigenvalue weighted by atomic mass is 9.84. The highest BCUT2D eigenvalue weighted by Crippen LogP contribution is 2.26. The normalized spacial score (nSPS) is 17.2. The van der Waals surface area contributed by atoms with Gasteiger partial charge in [0, 0.05) is 18.2 Å². The first kappa shape index (κ1) is 15.4. The molecule has 0 spiro atoms. The number of carbonyl (C=O) groups is 1. The topological polar surface area (TPSA) is 72.2 Å². The number of nitro benzene ring substituents is 1. The highest BCUT2D eigenvalue weighted by Gasteiger charge is 2.24. The molecule has 1 aliphatic rings. The number of rotatable bonds is 4. The minimum Gasteiger partial charge on any atom is -0.349 e. The summed E-state index contributed by atoms with van der Waals surface area (Å²) in [5.74, 6) is -0.937. The predicted octanol–water partition coefficient (Wildman–Crippen LogP) is 3.43. The third kappa shape index (κ3) is 3.77. The van der Waals surface area contributed by atoms with E-state index in [0.29, 0.717) is 5.92 Å². The van der Waals surface area contributed by atoms with Crippen LogP contribution in [0.25, 0.3) is 0 Å². The first-order valence-electron chi connectivity index (χ1n) is 7.24. The number of hydrogen-bond acceptors (Lipinski definition) is 3. The van der Waals surface area contributed by atoms with E-state index >= 15 is 0 Å². The van der Waals surface area contributed by atoms with Crippen molar-refractivity contribution in [1.29, 1.82) is 0 Å². The maximum atomic E-state index is 13.7. The highest BCUT2D eigenvalue weighted by molar-refractivity contribution is 5.95. The lowest BCUT2D eigenvalue weighted by Gasteiger charge is -2.28. The van der Waals surface area contributed by atoms with Gasteiger partial charge in [0.25, 0.3) is 11.6 Å². The van der Waals surface area contributed by atoms with Gasteiger partial charge in [-0.15, -0.1) is 0 Å². The Morgan fingerprint density at radius 1 is 1.38 bits per heavy atom. The van der Waals surface area contributed by atoms with Gasteiger partial charge in [-0.3, -0.25) is 14.9 Å². The quantitative estimate of drug-likeness (QED) is 0.683. The van der Waals surface area contributed by atoms with Crippen molar-refractivity contribution < 1.29 is 14.1 Å². The van der Waals surface area contributed by atoms with Crippen molar-refractivity contribution >= 4 is 11.6 Å². The largest absolute Gasteiger partial charge is 0.349 e. The van der Waals surface area contributed by atoms with Crippen LogP contribution in [0, 0.1) is 21.8 Å². The molecule has 1 saturated carbocycles. The van der Waals surface area contributed by atoms with Gasteiger partial charge in [-0.1, -0.05) is 19.3 Å². The van der Waals surface area contributed by atoms with E-state index in [-0.39, 0.29) is 17.3 Å². The van der Waals surface area contributed by atoms with E-state index in [2.05, 4.69) is 5.32 Å². The van der Waals surface area contributed by atoms with Gasteiger partial charge >= 0.3 is 0 Å². The van der Waals surface area contributed by atoms with Crippen molar-refractivity contribution in [3.63, 3.8) is 0 Å². The molecule has 2 rings (SSSR count). The zero-order valence-electron chi connectivity index (χ0n) is 12.0. The van der Waals surface area contributed by atoms with E-state index in [0.717, 1.165) is 43.9 Å². The van der Waals surface area contributed by atoms with Crippen LogP contribution in [-0.2, 0) is 0 Å². The van der Waals surface area contributed by atoms with Gasteiger partial charge in [0.05, 0.1) is 10.5 Å². The van der Waals surface area contributed by atoms with E-state index in [1.54, 1.807) is 0 Å².